The molecule has 0 spiro atoms. The van der Waals surface area contributed by atoms with E-state index >= 15 is 0 Å². The summed E-state index contributed by atoms with van der Waals surface area (Å²) in [5, 5.41) is 0. The van der Waals surface area contributed by atoms with Crippen LogP contribution in [0.4, 0.5) is 0 Å². The fourth-order valence-corrected chi connectivity index (χ4v) is 2.87. The van der Waals surface area contributed by atoms with Crippen LogP contribution >= 0.6 is 0 Å². The summed E-state index contributed by atoms with van der Waals surface area (Å²) in [4.78, 5) is 22.1. The summed E-state index contributed by atoms with van der Waals surface area (Å²) in [5.41, 5.74) is 1.80. The van der Waals surface area contributed by atoms with Crippen LogP contribution in [0.3, 0.4) is 0 Å². The first kappa shape index (κ1) is 11.9. The van der Waals surface area contributed by atoms with Gasteiger partial charge in [-0.15, -0.1) is 0 Å². The minimum absolute atomic E-state index is 0.344. The zero-order valence-corrected chi connectivity index (χ0v) is 10.6. The quantitative estimate of drug-likeness (QED) is 0.674. The van der Waals surface area contributed by atoms with Crippen LogP contribution in [0.25, 0.3) is 11.4 Å². The average molecular weight is 253 g/mol. The van der Waals surface area contributed by atoms with Gasteiger partial charge in [0.25, 0.3) is 0 Å². The number of imidazole rings is 1. The maximum atomic E-state index is 10.7. The molecule has 3 rings (SSSR count). The molecule has 4 heteroatoms. The highest BCUT2D eigenvalue weighted by Gasteiger charge is 2.35. The van der Waals surface area contributed by atoms with Gasteiger partial charge in [-0.2, -0.15) is 4.99 Å². The summed E-state index contributed by atoms with van der Waals surface area (Å²) < 4.78 is 0. The minimum Gasteiger partial charge on any atom is -0.345 e. The molecule has 1 aromatic carbocycles. The third-order valence-corrected chi connectivity index (χ3v) is 3.88. The molecule has 96 valence electrons. The van der Waals surface area contributed by atoms with E-state index in [2.05, 4.69) is 15.0 Å². The van der Waals surface area contributed by atoms with Crippen molar-refractivity contribution in [2.45, 2.75) is 31.2 Å². The summed E-state index contributed by atoms with van der Waals surface area (Å²) >= 11 is 0. The molecule has 1 N–H and O–H groups in total. The number of carbonyl (C=O) groups excluding carboxylic acids is 1. The van der Waals surface area contributed by atoms with Crippen LogP contribution in [0.15, 0.2) is 41.7 Å². The summed E-state index contributed by atoms with van der Waals surface area (Å²) in [6.07, 6.45) is 9.38. The smallest absolute Gasteiger partial charge is 0.235 e. The van der Waals surface area contributed by atoms with Crippen LogP contribution in [-0.2, 0) is 10.3 Å². The first-order chi connectivity index (χ1) is 9.34. The van der Waals surface area contributed by atoms with Crippen molar-refractivity contribution in [3.8, 4) is 11.4 Å². The van der Waals surface area contributed by atoms with Crippen molar-refractivity contribution in [3.05, 3.63) is 42.2 Å². The average Bonchev–Trinajstić information content (AvgIpc) is 3.11. The van der Waals surface area contributed by atoms with Gasteiger partial charge < -0.3 is 4.98 Å². The molecule has 1 aliphatic rings. The van der Waals surface area contributed by atoms with Crippen molar-refractivity contribution in [2.75, 3.05) is 0 Å². The Morgan fingerprint density at radius 3 is 2.53 bits per heavy atom. The summed E-state index contributed by atoms with van der Waals surface area (Å²) in [6, 6.07) is 8.14. The minimum atomic E-state index is -0.344. The maximum Gasteiger partial charge on any atom is 0.235 e. The second-order valence-electron chi connectivity index (χ2n) is 4.96. The first-order valence-corrected chi connectivity index (χ1v) is 6.53. The van der Waals surface area contributed by atoms with E-state index in [1.54, 1.807) is 18.5 Å². The number of aromatic nitrogens is 2. The lowest BCUT2D eigenvalue weighted by Gasteiger charge is -2.22. The summed E-state index contributed by atoms with van der Waals surface area (Å²) in [7, 11) is 0. The standard InChI is InChI=1S/C15H15N3O/c19-11-18-15(7-1-2-8-15)13-5-3-12(4-6-13)14-16-9-10-17-14/h3-6,9-10H,1-2,7-8H2,(H,16,17). The molecule has 1 heterocycles. The van der Waals surface area contributed by atoms with E-state index in [4.69, 9.17) is 0 Å². The third kappa shape index (κ3) is 2.11. The number of hydrogen-bond acceptors (Lipinski definition) is 3. The Kier molecular flexibility index (Phi) is 3.02. The van der Waals surface area contributed by atoms with E-state index in [9.17, 15) is 4.79 Å². The number of H-pyrrole nitrogens is 1. The molecule has 0 radical (unpaired) electrons. The predicted molar refractivity (Wildman–Crippen MR) is 72.3 cm³/mol. The Morgan fingerprint density at radius 1 is 1.21 bits per heavy atom. The lowest BCUT2D eigenvalue weighted by atomic mass is 9.88. The molecule has 0 bridgehead atoms. The van der Waals surface area contributed by atoms with Gasteiger partial charge in [-0.25, -0.2) is 9.78 Å². The van der Waals surface area contributed by atoms with Crippen molar-refractivity contribution in [3.63, 3.8) is 0 Å². The number of nitrogens with zero attached hydrogens (tertiary/aromatic N) is 2. The summed E-state index contributed by atoms with van der Waals surface area (Å²) in [6.45, 7) is 0. The highest BCUT2D eigenvalue weighted by molar-refractivity contribution is 5.56. The van der Waals surface area contributed by atoms with Crippen LogP contribution in [0.1, 0.15) is 31.2 Å². The highest BCUT2D eigenvalue weighted by atomic mass is 16.1. The van der Waals surface area contributed by atoms with E-state index in [1.807, 2.05) is 24.3 Å². The number of hydrogen-bond donors (Lipinski definition) is 1. The lowest BCUT2D eigenvalue weighted by molar-refractivity contribution is 0.456. The van der Waals surface area contributed by atoms with Crippen LogP contribution in [0.2, 0.25) is 0 Å². The van der Waals surface area contributed by atoms with Crippen LogP contribution in [0.5, 0.6) is 0 Å². The van der Waals surface area contributed by atoms with Gasteiger partial charge in [0.05, 0.1) is 5.54 Å². The number of benzene rings is 1. The molecule has 19 heavy (non-hydrogen) atoms. The van der Waals surface area contributed by atoms with Gasteiger partial charge in [0.2, 0.25) is 6.08 Å². The van der Waals surface area contributed by atoms with E-state index in [0.717, 1.165) is 42.6 Å². The molecule has 1 aliphatic carbocycles. The monoisotopic (exact) mass is 253 g/mol. The van der Waals surface area contributed by atoms with Crippen LogP contribution in [0, 0.1) is 0 Å². The zero-order chi connectivity index (χ0) is 13.1. The SMILES string of the molecule is O=C=NC1(c2ccc(-c3ncc[nH]3)cc2)CCCC1. The van der Waals surface area contributed by atoms with Gasteiger partial charge in [-0.1, -0.05) is 37.1 Å². The van der Waals surface area contributed by atoms with Crippen molar-refractivity contribution in [2.24, 2.45) is 4.99 Å². The molecular formula is C15H15N3O. The molecular weight excluding hydrogens is 238 g/mol. The van der Waals surface area contributed by atoms with Gasteiger partial charge in [-0.05, 0) is 18.4 Å². The molecule has 0 saturated heterocycles. The Balaban J connectivity index is 1.95. The zero-order valence-electron chi connectivity index (χ0n) is 10.6. The van der Waals surface area contributed by atoms with E-state index < -0.39 is 0 Å². The fourth-order valence-electron chi connectivity index (χ4n) is 2.87. The second kappa shape index (κ2) is 4.82. The van der Waals surface area contributed by atoms with Gasteiger partial charge in [0, 0.05) is 18.0 Å². The molecule has 0 aliphatic heterocycles. The van der Waals surface area contributed by atoms with E-state index in [1.165, 1.54) is 0 Å². The Morgan fingerprint density at radius 2 is 1.95 bits per heavy atom. The topological polar surface area (TPSA) is 58.1 Å². The largest absolute Gasteiger partial charge is 0.345 e. The molecule has 1 aromatic heterocycles. The van der Waals surface area contributed by atoms with Gasteiger partial charge >= 0.3 is 0 Å². The van der Waals surface area contributed by atoms with Crippen molar-refractivity contribution >= 4 is 6.08 Å². The van der Waals surface area contributed by atoms with Gasteiger partial charge in [0.15, 0.2) is 0 Å². The number of aromatic amines is 1. The predicted octanol–water partition coefficient (Wildman–Crippen LogP) is 3.18. The molecule has 1 saturated carbocycles. The lowest BCUT2D eigenvalue weighted by Crippen LogP contribution is -2.18. The van der Waals surface area contributed by atoms with Crippen LogP contribution in [-0.4, -0.2) is 16.0 Å². The van der Waals surface area contributed by atoms with Gasteiger partial charge in [-0.3, -0.25) is 0 Å². The molecule has 2 aromatic rings. The highest BCUT2D eigenvalue weighted by Crippen LogP contribution is 2.42. The Bertz CT molecular complexity index is 589. The fraction of sp³-hybridized carbons (Fsp3) is 0.333. The van der Waals surface area contributed by atoms with Crippen LogP contribution < -0.4 is 0 Å². The Hall–Kier alpha value is -2.19. The van der Waals surface area contributed by atoms with Crippen molar-refractivity contribution in [1.82, 2.24) is 9.97 Å². The number of isocyanates is 1. The normalized spacial score (nSPS) is 17.1. The third-order valence-electron chi connectivity index (χ3n) is 3.88. The maximum absolute atomic E-state index is 10.7. The molecule has 0 unspecified atom stereocenters. The number of aliphatic imine (C=N–C) groups is 1. The van der Waals surface area contributed by atoms with E-state index in [0.29, 0.717) is 0 Å². The summed E-state index contributed by atoms with van der Waals surface area (Å²) in [5.74, 6) is 0.853. The Labute approximate surface area is 111 Å². The molecule has 0 amide bonds. The molecule has 4 nitrogen and oxygen atoms in total. The first-order valence-electron chi connectivity index (χ1n) is 6.53. The van der Waals surface area contributed by atoms with Crippen molar-refractivity contribution < 1.29 is 4.79 Å². The van der Waals surface area contributed by atoms with E-state index in [-0.39, 0.29) is 5.54 Å². The molecule has 0 atom stereocenters. The van der Waals surface area contributed by atoms with Gasteiger partial charge in [0.1, 0.15) is 5.82 Å². The van der Waals surface area contributed by atoms with Crippen molar-refractivity contribution in [1.29, 1.82) is 0 Å². The second-order valence-corrected chi connectivity index (χ2v) is 4.96. The molecule has 1 fully saturated rings. The number of rotatable bonds is 3. The number of nitrogens with one attached hydrogen (secondary N) is 1.